The second-order valence-electron chi connectivity index (χ2n) is 10.4. The molecular weight excluding hydrogens is 414 g/mol. The Kier molecular flexibility index (Phi) is 6.94. The molecule has 0 aromatic heterocycles. The zero-order chi connectivity index (χ0) is 23.6. The first kappa shape index (κ1) is 23.6. The molecule has 6 nitrogen and oxygen atoms in total. The predicted molar refractivity (Wildman–Crippen MR) is 131 cm³/mol. The van der Waals surface area contributed by atoms with Crippen LogP contribution in [0.4, 0.5) is 4.79 Å². The van der Waals surface area contributed by atoms with Gasteiger partial charge in [-0.3, -0.25) is 9.69 Å². The van der Waals surface area contributed by atoms with Crippen LogP contribution in [0.3, 0.4) is 0 Å². The number of hydrogen-bond acceptors (Lipinski definition) is 4. The van der Waals surface area contributed by atoms with Gasteiger partial charge < -0.3 is 14.5 Å². The molecule has 0 aliphatic carbocycles. The molecule has 2 aliphatic rings. The summed E-state index contributed by atoms with van der Waals surface area (Å²) in [4.78, 5) is 31.8. The number of nitrogens with zero attached hydrogens (tertiary/aromatic N) is 3. The second kappa shape index (κ2) is 9.72. The van der Waals surface area contributed by atoms with Gasteiger partial charge in [0, 0.05) is 38.8 Å². The van der Waals surface area contributed by atoms with E-state index >= 15 is 0 Å². The summed E-state index contributed by atoms with van der Waals surface area (Å²) in [6.07, 6.45) is 1.68. The average molecular weight is 452 g/mol. The molecule has 2 amide bonds. The smallest absolute Gasteiger partial charge is 0.410 e. The summed E-state index contributed by atoms with van der Waals surface area (Å²) < 4.78 is 5.48. The van der Waals surface area contributed by atoms with Crippen LogP contribution in [0.2, 0.25) is 0 Å². The van der Waals surface area contributed by atoms with Crippen molar-refractivity contribution in [1.29, 1.82) is 0 Å². The highest BCUT2D eigenvalue weighted by molar-refractivity contribution is 5.86. The number of hydrogen-bond donors (Lipinski definition) is 0. The van der Waals surface area contributed by atoms with Gasteiger partial charge in [-0.1, -0.05) is 42.5 Å². The zero-order valence-corrected chi connectivity index (χ0v) is 20.4. The molecule has 2 saturated heterocycles. The van der Waals surface area contributed by atoms with Crippen molar-refractivity contribution >= 4 is 22.8 Å². The summed E-state index contributed by atoms with van der Waals surface area (Å²) in [5.74, 6) is 0.248. The minimum atomic E-state index is -0.504. The maximum absolute atomic E-state index is 13.3. The number of piperidine rings is 1. The third-order valence-corrected chi connectivity index (χ3v) is 6.87. The van der Waals surface area contributed by atoms with Gasteiger partial charge >= 0.3 is 6.09 Å². The van der Waals surface area contributed by atoms with E-state index in [1.54, 1.807) is 4.90 Å². The molecule has 2 aromatic carbocycles. The summed E-state index contributed by atoms with van der Waals surface area (Å²) in [7, 11) is 0. The van der Waals surface area contributed by atoms with Gasteiger partial charge in [0.1, 0.15) is 5.60 Å². The number of piperazine rings is 1. The van der Waals surface area contributed by atoms with E-state index in [1.165, 1.54) is 16.3 Å². The molecule has 2 unspecified atom stereocenters. The molecule has 0 saturated carbocycles. The van der Waals surface area contributed by atoms with Crippen molar-refractivity contribution < 1.29 is 14.3 Å². The van der Waals surface area contributed by atoms with E-state index in [0.717, 1.165) is 25.9 Å². The molecular formula is C27H37N3O3. The van der Waals surface area contributed by atoms with Crippen LogP contribution in [0.5, 0.6) is 0 Å². The SMILES string of the molecule is CC(c1cccc2ccccc12)N1CCCC(C(=O)N2CCN(C(=O)OC(C)(C)C)CC2)C1. The van der Waals surface area contributed by atoms with Crippen LogP contribution in [0.25, 0.3) is 10.8 Å². The Hall–Kier alpha value is -2.60. The fourth-order valence-electron chi connectivity index (χ4n) is 5.07. The number of carbonyl (C=O) groups is 2. The molecule has 2 aliphatic heterocycles. The quantitative estimate of drug-likeness (QED) is 0.679. The van der Waals surface area contributed by atoms with E-state index in [2.05, 4.69) is 54.3 Å². The van der Waals surface area contributed by atoms with Gasteiger partial charge in [0.25, 0.3) is 0 Å². The average Bonchev–Trinajstić information content (AvgIpc) is 2.82. The summed E-state index contributed by atoms with van der Waals surface area (Å²) in [5, 5.41) is 2.55. The molecule has 2 aromatic rings. The van der Waals surface area contributed by atoms with Crippen molar-refractivity contribution in [1.82, 2.24) is 14.7 Å². The lowest BCUT2D eigenvalue weighted by Gasteiger charge is -2.40. The van der Waals surface area contributed by atoms with Crippen molar-refractivity contribution in [2.75, 3.05) is 39.3 Å². The van der Waals surface area contributed by atoms with Crippen molar-refractivity contribution in [2.45, 2.75) is 52.2 Å². The summed E-state index contributed by atoms with van der Waals surface area (Å²) in [6, 6.07) is 15.3. The van der Waals surface area contributed by atoms with Gasteiger partial charge in [-0.05, 0) is 63.4 Å². The van der Waals surface area contributed by atoms with E-state index < -0.39 is 5.60 Å². The first-order chi connectivity index (χ1) is 15.7. The van der Waals surface area contributed by atoms with Crippen LogP contribution in [-0.4, -0.2) is 71.6 Å². The first-order valence-electron chi connectivity index (χ1n) is 12.2. The third-order valence-electron chi connectivity index (χ3n) is 6.87. The van der Waals surface area contributed by atoms with Gasteiger partial charge in [0.15, 0.2) is 0 Å². The second-order valence-corrected chi connectivity index (χ2v) is 10.4. The molecule has 0 radical (unpaired) electrons. The van der Waals surface area contributed by atoms with Crippen molar-refractivity contribution in [3.05, 3.63) is 48.0 Å². The topological polar surface area (TPSA) is 53.1 Å². The Morgan fingerprint density at radius 1 is 0.939 bits per heavy atom. The molecule has 0 N–H and O–H groups in total. The number of carbonyl (C=O) groups excluding carboxylic acids is 2. The normalized spacial score (nSPS) is 21.2. The Labute approximate surface area is 197 Å². The minimum Gasteiger partial charge on any atom is -0.444 e. The fourth-order valence-corrected chi connectivity index (χ4v) is 5.07. The minimum absolute atomic E-state index is 0.0178. The predicted octanol–water partition coefficient (Wildman–Crippen LogP) is 4.69. The van der Waals surface area contributed by atoms with Gasteiger partial charge in [0.05, 0.1) is 5.92 Å². The monoisotopic (exact) mass is 451 g/mol. The Balaban J connectivity index is 1.37. The largest absolute Gasteiger partial charge is 0.444 e. The molecule has 33 heavy (non-hydrogen) atoms. The number of likely N-dealkylation sites (tertiary alicyclic amines) is 1. The lowest BCUT2D eigenvalue weighted by atomic mass is 9.92. The van der Waals surface area contributed by atoms with E-state index in [1.807, 2.05) is 25.7 Å². The standard InChI is InChI=1S/C27H37N3O3/c1-20(23-13-7-10-21-9-5-6-12-24(21)23)30-14-8-11-22(19-30)25(31)28-15-17-29(18-16-28)26(32)33-27(2,3)4/h5-7,9-10,12-13,20,22H,8,11,14-19H2,1-4H3. The van der Waals surface area contributed by atoms with Crippen LogP contribution in [0.15, 0.2) is 42.5 Å². The van der Waals surface area contributed by atoms with Gasteiger partial charge in [0.2, 0.25) is 5.91 Å². The van der Waals surface area contributed by atoms with E-state index in [-0.39, 0.29) is 24.0 Å². The summed E-state index contributed by atoms with van der Waals surface area (Å²) >= 11 is 0. The summed E-state index contributed by atoms with van der Waals surface area (Å²) in [6.45, 7) is 11.9. The Morgan fingerprint density at radius 2 is 1.61 bits per heavy atom. The highest BCUT2D eigenvalue weighted by Gasteiger charge is 2.34. The van der Waals surface area contributed by atoms with E-state index in [4.69, 9.17) is 4.74 Å². The molecule has 4 rings (SSSR count). The highest BCUT2D eigenvalue weighted by Crippen LogP contribution is 2.32. The van der Waals surface area contributed by atoms with Crippen LogP contribution in [0.1, 0.15) is 52.1 Å². The molecule has 2 fully saturated rings. The number of fused-ring (bicyclic) bond motifs is 1. The van der Waals surface area contributed by atoms with Crippen molar-refractivity contribution in [2.24, 2.45) is 5.92 Å². The molecule has 6 heteroatoms. The molecule has 178 valence electrons. The van der Waals surface area contributed by atoms with Gasteiger partial charge in [-0.25, -0.2) is 4.79 Å². The van der Waals surface area contributed by atoms with Gasteiger partial charge in [-0.15, -0.1) is 0 Å². The number of amides is 2. The Morgan fingerprint density at radius 3 is 2.33 bits per heavy atom. The highest BCUT2D eigenvalue weighted by atomic mass is 16.6. The van der Waals surface area contributed by atoms with Crippen molar-refractivity contribution in [3.63, 3.8) is 0 Å². The molecule has 0 bridgehead atoms. The Bertz CT molecular complexity index is 986. The lowest BCUT2D eigenvalue weighted by Crippen LogP contribution is -2.54. The maximum atomic E-state index is 13.3. The molecule has 2 atom stereocenters. The van der Waals surface area contributed by atoms with Crippen molar-refractivity contribution in [3.8, 4) is 0 Å². The summed E-state index contributed by atoms with van der Waals surface area (Å²) in [5.41, 5.74) is 0.822. The van der Waals surface area contributed by atoms with E-state index in [0.29, 0.717) is 26.2 Å². The van der Waals surface area contributed by atoms with Crippen LogP contribution >= 0.6 is 0 Å². The fraction of sp³-hybridized carbons (Fsp3) is 0.556. The first-order valence-corrected chi connectivity index (χ1v) is 12.2. The molecule has 2 heterocycles. The molecule has 0 spiro atoms. The number of ether oxygens (including phenoxy) is 1. The number of benzene rings is 2. The van der Waals surface area contributed by atoms with E-state index in [9.17, 15) is 9.59 Å². The van der Waals surface area contributed by atoms with Crippen LogP contribution < -0.4 is 0 Å². The lowest BCUT2D eigenvalue weighted by molar-refractivity contribution is -0.139. The number of rotatable bonds is 3. The maximum Gasteiger partial charge on any atom is 0.410 e. The van der Waals surface area contributed by atoms with Gasteiger partial charge in [-0.2, -0.15) is 0 Å². The van der Waals surface area contributed by atoms with Crippen LogP contribution in [-0.2, 0) is 9.53 Å². The van der Waals surface area contributed by atoms with Crippen LogP contribution in [0, 0.1) is 5.92 Å². The zero-order valence-electron chi connectivity index (χ0n) is 20.4. The third kappa shape index (κ3) is 5.49.